The Kier molecular flexibility index (Phi) is 5.44. The van der Waals surface area contributed by atoms with Crippen molar-refractivity contribution in [3.8, 4) is 5.88 Å². The van der Waals surface area contributed by atoms with Crippen molar-refractivity contribution in [2.45, 2.75) is 51.8 Å². The lowest BCUT2D eigenvalue weighted by molar-refractivity contribution is 0.143. The number of urea groups is 1. The summed E-state index contributed by atoms with van der Waals surface area (Å²) >= 11 is 0. The van der Waals surface area contributed by atoms with Gasteiger partial charge < -0.3 is 15.0 Å². The molecule has 0 unspecified atom stereocenters. The number of carbonyl (C=O) groups is 1. The normalized spacial score (nSPS) is 14.2. The fraction of sp³-hybridized carbons (Fsp3) is 0.474. The number of ether oxygens (including phenoxy) is 1. The van der Waals surface area contributed by atoms with E-state index in [-0.39, 0.29) is 24.0 Å². The minimum atomic E-state index is -0.278. The second-order valence-corrected chi connectivity index (χ2v) is 6.96. The number of carbonyl (C=O) groups excluding carboxylic acids is 1. The Morgan fingerprint density at radius 3 is 2.65 bits per heavy atom. The lowest BCUT2D eigenvalue weighted by Gasteiger charge is -2.37. The minimum Gasteiger partial charge on any atom is -0.472 e. The van der Waals surface area contributed by atoms with Gasteiger partial charge in [-0.2, -0.15) is 0 Å². The number of hydrogen-bond donors (Lipinski definition) is 1. The maximum absolute atomic E-state index is 13.1. The summed E-state index contributed by atoms with van der Waals surface area (Å²) in [6, 6.07) is 6.27. The van der Waals surface area contributed by atoms with Gasteiger partial charge in [0.25, 0.3) is 5.88 Å². The summed E-state index contributed by atoms with van der Waals surface area (Å²) in [6.07, 6.45) is 4.77. The van der Waals surface area contributed by atoms with Crippen LogP contribution in [-0.4, -0.2) is 32.9 Å². The van der Waals surface area contributed by atoms with Crippen molar-refractivity contribution in [3.05, 3.63) is 41.8 Å². The quantitative estimate of drug-likeness (QED) is 0.849. The summed E-state index contributed by atoms with van der Waals surface area (Å²) in [7, 11) is 1.78. The van der Waals surface area contributed by atoms with E-state index < -0.39 is 0 Å². The molecule has 1 heterocycles. The molecule has 1 aromatic carbocycles. The average molecular weight is 360 g/mol. The van der Waals surface area contributed by atoms with Crippen LogP contribution in [0.4, 0.5) is 14.9 Å². The molecule has 1 saturated carbocycles. The van der Waals surface area contributed by atoms with Crippen LogP contribution in [-0.2, 0) is 13.6 Å². The van der Waals surface area contributed by atoms with Crippen LogP contribution in [0.5, 0.6) is 5.88 Å². The van der Waals surface area contributed by atoms with Gasteiger partial charge in [-0.05, 0) is 50.8 Å². The fourth-order valence-electron chi connectivity index (χ4n) is 2.90. The second kappa shape index (κ2) is 7.76. The molecule has 1 aromatic heterocycles. The summed E-state index contributed by atoms with van der Waals surface area (Å²) < 4.78 is 20.4. The molecule has 2 aromatic rings. The molecule has 140 valence electrons. The Morgan fingerprint density at radius 1 is 1.38 bits per heavy atom. The highest BCUT2D eigenvalue weighted by atomic mass is 19.1. The molecule has 0 spiro atoms. The predicted molar refractivity (Wildman–Crippen MR) is 97.6 cm³/mol. The van der Waals surface area contributed by atoms with E-state index in [4.69, 9.17) is 4.74 Å². The van der Waals surface area contributed by atoms with Gasteiger partial charge in [-0.3, -0.25) is 4.68 Å². The first-order valence-electron chi connectivity index (χ1n) is 8.94. The fourth-order valence-corrected chi connectivity index (χ4v) is 2.90. The molecule has 1 fully saturated rings. The third-order valence-corrected chi connectivity index (χ3v) is 4.43. The Balaban J connectivity index is 1.75. The summed E-state index contributed by atoms with van der Waals surface area (Å²) in [6.45, 7) is 4.27. The Labute approximate surface area is 152 Å². The molecular weight excluding hydrogens is 335 g/mol. The lowest BCUT2D eigenvalue weighted by atomic mass is 9.91. The topological polar surface area (TPSA) is 59.4 Å². The standard InChI is InChI=1S/C19H25FN4O2/c1-13(2)26-18-17(12-23(3)22-18)21-19(25)24(16-5-4-6-16)11-14-7-9-15(20)10-8-14/h7-10,12-13,16H,4-6,11H2,1-3H3,(H,21,25). The van der Waals surface area contributed by atoms with Crippen molar-refractivity contribution < 1.29 is 13.9 Å². The SMILES string of the molecule is CC(C)Oc1nn(C)cc1NC(=O)N(Cc1ccc(F)cc1)C1CCC1. The van der Waals surface area contributed by atoms with E-state index in [9.17, 15) is 9.18 Å². The molecular formula is C19H25FN4O2. The van der Waals surface area contributed by atoms with Gasteiger partial charge in [0.1, 0.15) is 11.5 Å². The Hall–Kier alpha value is -2.57. The monoisotopic (exact) mass is 360 g/mol. The van der Waals surface area contributed by atoms with E-state index >= 15 is 0 Å². The number of amides is 2. The zero-order valence-corrected chi connectivity index (χ0v) is 15.4. The number of nitrogens with zero attached hydrogens (tertiary/aromatic N) is 3. The third-order valence-electron chi connectivity index (χ3n) is 4.43. The van der Waals surface area contributed by atoms with Crippen molar-refractivity contribution in [1.82, 2.24) is 14.7 Å². The van der Waals surface area contributed by atoms with Gasteiger partial charge in [0, 0.05) is 19.6 Å². The van der Waals surface area contributed by atoms with E-state index in [0.717, 1.165) is 24.8 Å². The van der Waals surface area contributed by atoms with E-state index in [1.807, 2.05) is 18.7 Å². The van der Waals surface area contributed by atoms with Crippen molar-refractivity contribution in [2.75, 3.05) is 5.32 Å². The molecule has 7 heteroatoms. The van der Waals surface area contributed by atoms with Gasteiger partial charge >= 0.3 is 6.03 Å². The van der Waals surface area contributed by atoms with Gasteiger partial charge in [-0.1, -0.05) is 12.1 Å². The molecule has 0 aliphatic heterocycles. The zero-order chi connectivity index (χ0) is 18.7. The van der Waals surface area contributed by atoms with Gasteiger partial charge in [0.15, 0.2) is 0 Å². The average Bonchev–Trinajstić information content (AvgIpc) is 2.85. The molecule has 0 bridgehead atoms. The Bertz CT molecular complexity index is 753. The van der Waals surface area contributed by atoms with Crippen LogP contribution in [0.1, 0.15) is 38.7 Å². The highest BCUT2D eigenvalue weighted by Gasteiger charge is 2.29. The van der Waals surface area contributed by atoms with Gasteiger partial charge in [0.2, 0.25) is 0 Å². The van der Waals surface area contributed by atoms with Crippen LogP contribution in [0, 0.1) is 5.82 Å². The number of rotatable bonds is 6. The molecule has 6 nitrogen and oxygen atoms in total. The van der Waals surface area contributed by atoms with Crippen LogP contribution >= 0.6 is 0 Å². The van der Waals surface area contributed by atoms with E-state index in [1.165, 1.54) is 12.1 Å². The van der Waals surface area contributed by atoms with Gasteiger partial charge in [-0.15, -0.1) is 5.10 Å². The van der Waals surface area contributed by atoms with Crippen molar-refractivity contribution >= 4 is 11.7 Å². The van der Waals surface area contributed by atoms with Crippen LogP contribution in [0.25, 0.3) is 0 Å². The van der Waals surface area contributed by atoms with Gasteiger partial charge in [-0.25, -0.2) is 9.18 Å². The first kappa shape index (κ1) is 18.2. The van der Waals surface area contributed by atoms with Gasteiger partial charge in [0.05, 0.1) is 12.3 Å². The number of aryl methyl sites for hydroxylation is 1. The number of benzene rings is 1. The van der Waals surface area contributed by atoms with Crippen LogP contribution in [0.2, 0.25) is 0 Å². The maximum Gasteiger partial charge on any atom is 0.322 e. The molecule has 26 heavy (non-hydrogen) atoms. The predicted octanol–water partition coefficient (Wildman–Crippen LogP) is 3.93. The first-order valence-corrected chi connectivity index (χ1v) is 8.94. The summed E-state index contributed by atoms with van der Waals surface area (Å²) in [5.74, 6) is 0.130. The molecule has 0 radical (unpaired) electrons. The molecule has 2 amide bonds. The largest absolute Gasteiger partial charge is 0.472 e. The number of aromatic nitrogens is 2. The van der Waals surface area contributed by atoms with E-state index in [1.54, 1.807) is 30.1 Å². The zero-order valence-electron chi connectivity index (χ0n) is 15.4. The number of nitrogens with one attached hydrogen (secondary N) is 1. The van der Waals surface area contributed by atoms with Crippen LogP contribution in [0.3, 0.4) is 0 Å². The molecule has 0 saturated heterocycles. The highest BCUT2D eigenvalue weighted by molar-refractivity contribution is 5.90. The van der Waals surface area contributed by atoms with Crippen molar-refractivity contribution in [2.24, 2.45) is 7.05 Å². The minimum absolute atomic E-state index is 0.0393. The van der Waals surface area contributed by atoms with Crippen LogP contribution in [0.15, 0.2) is 30.5 Å². The number of halogens is 1. The summed E-state index contributed by atoms with van der Waals surface area (Å²) in [4.78, 5) is 14.7. The van der Waals surface area contributed by atoms with Crippen molar-refractivity contribution in [3.63, 3.8) is 0 Å². The Morgan fingerprint density at radius 2 is 2.08 bits per heavy atom. The van der Waals surface area contributed by atoms with Crippen LogP contribution < -0.4 is 10.1 Å². The summed E-state index contributed by atoms with van der Waals surface area (Å²) in [5.41, 5.74) is 1.45. The maximum atomic E-state index is 13.1. The third kappa shape index (κ3) is 4.33. The first-order chi connectivity index (χ1) is 12.4. The highest BCUT2D eigenvalue weighted by Crippen LogP contribution is 2.29. The molecule has 1 N–H and O–H groups in total. The number of anilines is 1. The van der Waals surface area contributed by atoms with E-state index in [2.05, 4.69) is 10.4 Å². The summed E-state index contributed by atoms with van der Waals surface area (Å²) in [5, 5.41) is 7.18. The lowest BCUT2D eigenvalue weighted by Crippen LogP contribution is -2.45. The number of hydrogen-bond acceptors (Lipinski definition) is 3. The van der Waals surface area contributed by atoms with E-state index in [0.29, 0.717) is 18.1 Å². The second-order valence-electron chi connectivity index (χ2n) is 6.96. The molecule has 1 aliphatic carbocycles. The molecule has 3 rings (SSSR count). The molecule has 1 aliphatic rings. The molecule has 0 atom stereocenters. The smallest absolute Gasteiger partial charge is 0.322 e. The van der Waals surface area contributed by atoms with Crippen molar-refractivity contribution in [1.29, 1.82) is 0 Å².